The van der Waals surface area contributed by atoms with Crippen LogP contribution in [0.3, 0.4) is 0 Å². The SMILES string of the molecule is CCN(CC)CCNC(=O)c1ccc(Nc2ncc3nnn(-c4cccc(-c5ccnc(C)n5)c4)c3n2)cc1. The minimum absolute atomic E-state index is 0.0966. The van der Waals surface area contributed by atoms with Crippen LogP contribution in [0, 0.1) is 6.92 Å². The number of aryl methyl sites for hydroxylation is 1. The fourth-order valence-electron chi connectivity index (χ4n) is 4.18. The molecule has 11 nitrogen and oxygen atoms in total. The van der Waals surface area contributed by atoms with Crippen LogP contribution in [0.5, 0.6) is 0 Å². The highest BCUT2D eigenvalue weighted by atomic mass is 16.1. The highest BCUT2D eigenvalue weighted by Crippen LogP contribution is 2.23. The number of amides is 1. The first-order valence-electron chi connectivity index (χ1n) is 12.9. The molecule has 0 unspecified atom stereocenters. The van der Waals surface area contributed by atoms with Crippen molar-refractivity contribution in [3.05, 3.63) is 78.4 Å². The number of anilines is 2. The zero-order chi connectivity index (χ0) is 27.2. The number of likely N-dealkylation sites (N-methyl/N-ethyl adjacent to an activating group) is 1. The summed E-state index contributed by atoms with van der Waals surface area (Å²) in [5.41, 5.74) is 5.05. The second-order valence-electron chi connectivity index (χ2n) is 8.93. The first-order valence-corrected chi connectivity index (χ1v) is 12.9. The number of benzene rings is 2. The highest BCUT2D eigenvalue weighted by Gasteiger charge is 2.12. The molecule has 0 fully saturated rings. The Labute approximate surface area is 226 Å². The predicted molar refractivity (Wildman–Crippen MR) is 150 cm³/mol. The lowest BCUT2D eigenvalue weighted by Gasteiger charge is -2.17. The van der Waals surface area contributed by atoms with Gasteiger partial charge in [-0.3, -0.25) is 4.79 Å². The van der Waals surface area contributed by atoms with Crippen LogP contribution < -0.4 is 10.6 Å². The Balaban J connectivity index is 1.31. The van der Waals surface area contributed by atoms with Gasteiger partial charge in [-0.25, -0.2) is 15.0 Å². The van der Waals surface area contributed by atoms with Crippen molar-refractivity contribution in [3.63, 3.8) is 0 Å². The molecule has 3 heterocycles. The Bertz CT molecular complexity index is 1580. The number of nitrogens with zero attached hydrogens (tertiary/aromatic N) is 8. The van der Waals surface area contributed by atoms with Gasteiger partial charge in [-0.05, 0) is 62.5 Å². The standard InChI is InChI=1S/C28H30N10O/c1-4-37(5-2)16-15-30-27(39)20-9-11-22(12-10-20)33-28-31-18-25-26(34-28)38(36-35-25)23-8-6-7-21(17-23)24-13-14-29-19(3)32-24/h6-14,17-18H,4-5,15-16H2,1-3H3,(H,30,39)(H,31,33,34). The van der Waals surface area contributed by atoms with Crippen molar-refractivity contribution >= 4 is 28.7 Å². The molecule has 0 spiro atoms. The third kappa shape index (κ3) is 6.04. The number of rotatable bonds is 10. The Kier molecular flexibility index (Phi) is 7.78. The maximum Gasteiger partial charge on any atom is 0.251 e. The molecule has 0 saturated carbocycles. The molecule has 2 aromatic carbocycles. The van der Waals surface area contributed by atoms with E-state index in [-0.39, 0.29) is 5.91 Å². The van der Waals surface area contributed by atoms with Gasteiger partial charge in [0.15, 0.2) is 11.2 Å². The van der Waals surface area contributed by atoms with E-state index in [1.807, 2.05) is 49.4 Å². The Morgan fingerprint density at radius 2 is 1.82 bits per heavy atom. The average molecular weight is 523 g/mol. The Hall–Kier alpha value is -4.77. The van der Waals surface area contributed by atoms with Crippen LogP contribution in [0.15, 0.2) is 67.0 Å². The van der Waals surface area contributed by atoms with E-state index in [1.54, 1.807) is 29.2 Å². The molecule has 3 aromatic heterocycles. The van der Waals surface area contributed by atoms with E-state index in [4.69, 9.17) is 0 Å². The van der Waals surface area contributed by atoms with Gasteiger partial charge in [-0.15, -0.1) is 5.10 Å². The molecular formula is C28H30N10O. The zero-order valence-electron chi connectivity index (χ0n) is 22.2. The quantitative estimate of drug-likeness (QED) is 0.282. The molecule has 1 amide bonds. The number of aromatic nitrogens is 7. The van der Waals surface area contributed by atoms with Crippen molar-refractivity contribution in [2.45, 2.75) is 20.8 Å². The number of carbonyl (C=O) groups excluding carboxylic acids is 1. The second kappa shape index (κ2) is 11.7. The van der Waals surface area contributed by atoms with E-state index in [1.165, 1.54) is 0 Å². The van der Waals surface area contributed by atoms with Gasteiger partial charge in [-0.2, -0.15) is 9.67 Å². The van der Waals surface area contributed by atoms with Crippen LogP contribution in [0.4, 0.5) is 11.6 Å². The molecular weight excluding hydrogens is 492 g/mol. The predicted octanol–water partition coefficient (Wildman–Crippen LogP) is 3.79. The molecule has 5 rings (SSSR count). The first-order chi connectivity index (χ1) is 19.0. The minimum atomic E-state index is -0.0966. The molecule has 39 heavy (non-hydrogen) atoms. The fraction of sp³-hybridized carbons (Fsp3) is 0.250. The first kappa shape index (κ1) is 25.9. The van der Waals surface area contributed by atoms with Gasteiger partial charge in [-0.1, -0.05) is 31.2 Å². The molecule has 0 radical (unpaired) electrons. The summed E-state index contributed by atoms with van der Waals surface area (Å²) >= 11 is 0. The van der Waals surface area contributed by atoms with Crippen molar-refractivity contribution in [1.82, 2.24) is 45.1 Å². The van der Waals surface area contributed by atoms with Crippen molar-refractivity contribution in [2.75, 3.05) is 31.5 Å². The van der Waals surface area contributed by atoms with E-state index in [2.05, 4.69) is 59.6 Å². The molecule has 0 saturated heterocycles. The number of nitrogens with one attached hydrogen (secondary N) is 2. The molecule has 0 aliphatic heterocycles. The molecule has 0 atom stereocenters. The lowest BCUT2D eigenvalue weighted by Crippen LogP contribution is -2.34. The number of carbonyl (C=O) groups is 1. The van der Waals surface area contributed by atoms with Crippen molar-refractivity contribution < 1.29 is 4.79 Å². The van der Waals surface area contributed by atoms with Crippen LogP contribution in [0.2, 0.25) is 0 Å². The Morgan fingerprint density at radius 1 is 1.00 bits per heavy atom. The van der Waals surface area contributed by atoms with E-state index >= 15 is 0 Å². The van der Waals surface area contributed by atoms with Gasteiger partial charge < -0.3 is 15.5 Å². The summed E-state index contributed by atoms with van der Waals surface area (Å²) in [6.07, 6.45) is 3.37. The van der Waals surface area contributed by atoms with Gasteiger partial charge in [0.25, 0.3) is 5.91 Å². The minimum Gasteiger partial charge on any atom is -0.351 e. The van der Waals surface area contributed by atoms with Gasteiger partial charge in [0.1, 0.15) is 5.82 Å². The average Bonchev–Trinajstić information content (AvgIpc) is 3.39. The summed E-state index contributed by atoms with van der Waals surface area (Å²) in [6, 6.07) is 16.9. The monoisotopic (exact) mass is 522 g/mol. The van der Waals surface area contributed by atoms with E-state index in [9.17, 15) is 4.79 Å². The van der Waals surface area contributed by atoms with E-state index in [0.29, 0.717) is 35.0 Å². The molecule has 0 aliphatic carbocycles. The molecule has 0 bridgehead atoms. The highest BCUT2D eigenvalue weighted by molar-refractivity contribution is 5.94. The summed E-state index contributed by atoms with van der Waals surface area (Å²) in [6.45, 7) is 9.46. The second-order valence-corrected chi connectivity index (χ2v) is 8.93. The lowest BCUT2D eigenvalue weighted by molar-refractivity contribution is 0.0949. The molecule has 0 aliphatic rings. The van der Waals surface area contributed by atoms with E-state index in [0.717, 1.165) is 42.3 Å². The lowest BCUT2D eigenvalue weighted by atomic mass is 10.1. The van der Waals surface area contributed by atoms with Gasteiger partial charge >= 0.3 is 0 Å². The summed E-state index contributed by atoms with van der Waals surface area (Å²) in [4.78, 5) is 32.5. The van der Waals surface area contributed by atoms with Crippen LogP contribution in [0.25, 0.3) is 28.1 Å². The van der Waals surface area contributed by atoms with Crippen molar-refractivity contribution in [1.29, 1.82) is 0 Å². The number of hydrogen-bond donors (Lipinski definition) is 2. The topological polar surface area (TPSA) is 127 Å². The maximum absolute atomic E-state index is 12.5. The third-order valence-corrected chi connectivity index (χ3v) is 6.37. The normalized spacial score (nSPS) is 11.2. The van der Waals surface area contributed by atoms with Crippen molar-refractivity contribution in [3.8, 4) is 16.9 Å². The maximum atomic E-state index is 12.5. The molecule has 2 N–H and O–H groups in total. The van der Waals surface area contributed by atoms with Crippen molar-refractivity contribution in [2.24, 2.45) is 0 Å². The smallest absolute Gasteiger partial charge is 0.251 e. The summed E-state index contributed by atoms with van der Waals surface area (Å²) < 4.78 is 1.67. The molecule has 11 heteroatoms. The van der Waals surface area contributed by atoms with Crippen LogP contribution in [0.1, 0.15) is 30.0 Å². The third-order valence-electron chi connectivity index (χ3n) is 6.37. The molecule has 198 valence electrons. The van der Waals surface area contributed by atoms with Crippen LogP contribution >= 0.6 is 0 Å². The van der Waals surface area contributed by atoms with E-state index < -0.39 is 0 Å². The van der Waals surface area contributed by atoms with Gasteiger partial charge in [0, 0.05) is 36.1 Å². The summed E-state index contributed by atoms with van der Waals surface area (Å²) in [5, 5.41) is 14.7. The van der Waals surface area contributed by atoms with Gasteiger partial charge in [0.05, 0.1) is 17.6 Å². The fourth-order valence-corrected chi connectivity index (χ4v) is 4.18. The Morgan fingerprint density at radius 3 is 2.59 bits per heavy atom. The summed E-state index contributed by atoms with van der Waals surface area (Å²) in [7, 11) is 0. The summed E-state index contributed by atoms with van der Waals surface area (Å²) in [5.74, 6) is 1.00. The molecule has 5 aromatic rings. The number of hydrogen-bond acceptors (Lipinski definition) is 9. The number of fused-ring (bicyclic) bond motifs is 1. The largest absolute Gasteiger partial charge is 0.351 e. The van der Waals surface area contributed by atoms with Crippen LogP contribution in [-0.2, 0) is 0 Å². The van der Waals surface area contributed by atoms with Gasteiger partial charge in [0.2, 0.25) is 5.95 Å². The van der Waals surface area contributed by atoms with Crippen LogP contribution in [-0.4, -0.2) is 71.9 Å². The zero-order valence-corrected chi connectivity index (χ0v) is 22.2.